The van der Waals surface area contributed by atoms with Crippen LogP contribution >= 0.6 is 0 Å². The summed E-state index contributed by atoms with van der Waals surface area (Å²) < 4.78 is 0. The van der Waals surface area contributed by atoms with Gasteiger partial charge in [0.15, 0.2) is 0 Å². The summed E-state index contributed by atoms with van der Waals surface area (Å²) in [5.41, 5.74) is 5.10. The third-order valence-electron chi connectivity index (χ3n) is 9.65. The van der Waals surface area contributed by atoms with Crippen LogP contribution in [0.3, 0.4) is 0 Å². The third kappa shape index (κ3) is 3.04. The van der Waals surface area contributed by atoms with Crippen LogP contribution < -0.4 is 5.73 Å². The molecule has 0 radical (unpaired) electrons. The van der Waals surface area contributed by atoms with Gasteiger partial charge in [0.2, 0.25) is 0 Å². The number of oxime groups is 1. The lowest BCUT2D eigenvalue weighted by Gasteiger charge is -2.63. The molecule has 0 aliphatic heterocycles. The summed E-state index contributed by atoms with van der Waals surface area (Å²) in [6, 6.07) is 0. The van der Waals surface area contributed by atoms with Gasteiger partial charge in [-0.05, 0) is 93.9 Å². The van der Waals surface area contributed by atoms with E-state index in [1.807, 2.05) is 6.21 Å². The van der Waals surface area contributed by atoms with E-state index in [2.05, 4.69) is 19.0 Å². The van der Waals surface area contributed by atoms with Gasteiger partial charge >= 0.3 is 0 Å². The Morgan fingerprint density at radius 2 is 1.89 bits per heavy atom. The number of nitrogens with two attached hydrogens (primary N) is 1. The standard InChI is InChI=1S/C23H40N2O3/c1-21-9-7-18(26)14-16(21)4-5-20-19(21)8-10-22(2)17(6-11-23(20,22)27)15-25-28-13-3-12-24/h15-20,26-27H,3-14,24H2,1-2H3/b25-15+/t16-,17-,18+,19+,20-,21+,22-,23+/m1/s1. The molecular formula is C23H40N2O3. The predicted molar refractivity (Wildman–Crippen MR) is 111 cm³/mol. The number of aliphatic hydroxyl groups excluding tert-OH is 1. The lowest BCUT2D eigenvalue weighted by molar-refractivity contribution is -0.206. The SMILES string of the molecule is C[C@]12CC[C@H](O)C[C@H]1CC[C@@H]1[C@@H]2CC[C@]2(C)[C@@H](/C=N/OCCCN)CC[C@]12O. The Balaban J connectivity index is 1.52. The number of rotatable bonds is 5. The minimum Gasteiger partial charge on any atom is -0.396 e. The van der Waals surface area contributed by atoms with Gasteiger partial charge in [-0.25, -0.2) is 0 Å². The minimum absolute atomic E-state index is 0.105. The summed E-state index contributed by atoms with van der Waals surface area (Å²) in [4.78, 5) is 5.38. The van der Waals surface area contributed by atoms with E-state index in [0.717, 1.165) is 57.8 Å². The summed E-state index contributed by atoms with van der Waals surface area (Å²) >= 11 is 0. The maximum Gasteiger partial charge on any atom is 0.118 e. The van der Waals surface area contributed by atoms with Gasteiger partial charge in [0.05, 0.1) is 11.7 Å². The molecule has 8 atom stereocenters. The van der Waals surface area contributed by atoms with Crippen LogP contribution in [0.15, 0.2) is 5.16 Å². The van der Waals surface area contributed by atoms with Gasteiger partial charge in [-0.2, -0.15) is 0 Å². The van der Waals surface area contributed by atoms with E-state index in [1.165, 1.54) is 6.42 Å². The average molecular weight is 393 g/mol. The number of hydrogen-bond donors (Lipinski definition) is 3. The molecule has 4 rings (SSSR count). The third-order valence-corrected chi connectivity index (χ3v) is 9.65. The van der Waals surface area contributed by atoms with E-state index in [4.69, 9.17) is 10.6 Å². The van der Waals surface area contributed by atoms with Gasteiger partial charge in [0.1, 0.15) is 6.61 Å². The quantitative estimate of drug-likeness (QED) is 0.380. The van der Waals surface area contributed by atoms with E-state index in [1.54, 1.807) is 0 Å². The zero-order valence-electron chi connectivity index (χ0n) is 17.8. The van der Waals surface area contributed by atoms with E-state index in [9.17, 15) is 10.2 Å². The Morgan fingerprint density at radius 1 is 1.07 bits per heavy atom. The largest absolute Gasteiger partial charge is 0.396 e. The molecule has 4 saturated carbocycles. The zero-order chi connectivity index (χ0) is 20.0. The van der Waals surface area contributed by atoms with Crippen LogP contribution in [0, 0.1) is 34.5 Å². The van der Waals surface area contributed by atoms with Crippen LogP contribution in [0.5, 0.6) is 0 Å². The Labute approximate surface area is 170 Å². The number of aliphatic hydroxyl groups is 2. The molecule has 0 spiro atoms. The highest BCUT2D eigenvalue weighted by Crippen LogP contribution is 2.68. The van der Waals surface area contributed by atoms with Crippen LogP contribution in [0.2, 0.25) is 0 Å². The fourth-order valence-electron chi connectivity index (χ4n) is 7.80. The van der Waals surface area contributed by atoms with Crippen molar-refractivity contribution in [2.24, 2.45) is 45.4 Å². The first kappa shape index (κ1) is 20.6. The molecule has 0 aromatic heterocycles. The normalized spacial score (nSPS) is 50.8. The van der Waals surface area contributed by atoms with Crippen molar-refractivity contribution in [3.05, 3.63) is 0 Å². The predicted octanol–water partition coefficient (Wildman–Crippen LogP) is 3.47. The molecule has 0 aromatic rings. The molecule has 0 amide bonds. The highest BCUT2D eigenvalue weighted by Gasteiger charge is 2.66. The van der Waals surface area contributed by atoms with Gasteiger partial charge in [0, 0.05) is 17.5 Å². The number of nitrogens with zero attached hydrogens (tertiary/aromatic N) is 1. The molecule has 4 fully saturated rings. The first-order valence-corrected chi connectivity index (χ1v) is 11.6. The van der Waals surface area contributed by atoms with Gasteiger partial charge in [-0.3, -0.25) is 0 Å². The van der Waals surface area contributed by atoms with Crippen molar-refractivity contribution in [2.45, 2.75) is 89.8 Å². The summed E-state index contributed by atoms with van der Waals surface area (Å²) in [7, 11) is 0. The van der Waals surface area contributed by atoms with E-state index in [-0.39, 0.29) is 22.9 Å². The molecule has 0 unspecified atom stereocenters. The van der Waals surface area contributed by atoms with Crippen molar-refractivity contribution in [1.29, 1.82) is 0 Å². The van der Waals surface area contributed by atoms with Crippen molar-refractivity contribution in [3.63, 3.8) is 0 Å². The second kappa shape index (κ2) is 7.55. The van der Waals surface area contributed by atoms with Crippen LogP contribution in [0.25, 0.3) is 0 Å². The zero-order valence-corrected chi connectivity index (χ0v) is 17.8. The lowest BCUT2D eigenvalue weighted by atomic mass is 9.43. The maximum absolute atomic E-state index is 12.1. The lowest BCUT2D eigenvalue weighted by Crippen LogP contribution is -2.62. The number of hydrogen-bond acceptors (Lipinski definition) is 5. The maximum atomic E-state index is 12.1. The van der Waals surface area contributed by atoms with E-state index < -0.39 is 5.60 Å². The Bertz CT molecular complexity index is 598. The molecule has 5 nitrogen and oxygen atoms in total. The Kier molecular flexibility index (Phi) is 5.56. The fraction of sp³-hybridized carbons (Fsp3) is 0.957. The smallest absolute Gasteiger partial charge is 0.118 e. The molecule has 4 aliphatic carbocycles. The van der Waals surface area contributed by atoms with Gasteiger partial charge in [-0.1, -0.05) is 19.0 Å². The molecule has 0 aromatic carbocycles. The van der Waals surface area contributed by atoms with Gasteiger partial charge in [-0.15, -0.1) is 0 Å². The van der Waals surface area contributed by atoms with Crippen molar-refractivity contribution < 1.29 is 15.1 Å². The van der Waals surface area contributed by atoms with Gasteiger partial charge < -0.3 is 20.8 Å². The molecule has 0 heterocycles. The minimum atomic E-state index is -0.589. The van der Waals surface area contributed by atoms with Crippen molar-refractivity contribution in [3.8, 4) is 0 Å². The van der Waals surface area contributed by atoms with Gasteiger partial charge in [0.25, 0.3) is 0 Å². The topological polar surface area (TPSA) is 88.1 Å². The van der Waals surface area contributed by atoms with Crippen molar-refractivity contribution in [2.75, 3.05) is 13.2 Å². The summed E-state index contributed by atoms with van der Waals surface area (Å²) in [5, 5.41) is 26.5. The number of fused-ring (bicyclic) bond motifs is 5. The highest BCUT2D eigenvalue weighted by atomic mass is 16.6. The molecule has 0 saturated heterocycles. The molecule has 4 aliphatic rings. The van der Waals surface area contributed by atoms with Crippen LogP contribution in [-0.2, 0) is 4.84 Å². The molecule has 0 bridgehead atoms. The average Bonchev–Trinajstić information content (AvgIpc) is 2.93. The Hall–Kier alpha value is -0.650. The molecule has 5 heteroatoms. The van der Waals surface area contributed by atoms with Crippen molar-refractivity contribution in [1.82, 2.24) is 0 Å². The van der Waals surface area contributed by atoms with E-state index in [0.29, 0.717) is 30.9 Å². The second-order valence-corrected chi connectivity index (χ2v) is 10.7. The highest BCUT2D eigenvalue weighted by molar-refractivity contribution is 5.63. The Morgan fingerprint density at radius 3 is 2.68 bits per heavy atom. The van der Waals surface area contributed by atoms with Crippen LogP contribution in [-0.4, -0.2) is 41.3 Å². The van der Waals surface area contributed by atoms with Crippen LogP contribution in [0.1, 0.15) is 78.1 Å². The second-order valence-electron chi connectivity index (χ2n) is 10.7. The van der Waals surface area contributed by atoms with Crippen LogP contribution in [0.4, 0.5) is 0 Å². The summed E-state index contributed by atoms with van der Waals surface area (Å²) in [6.45, 7) is 5.95. The molecule has 28 heavy (non-hydrogen) atoms. The first-order chi connectivity index (χ1) is 13.3. The molecule has 160 valence electrons. The van der Waals surface area contributed by atoms with Crippen molar-refractivity contribution >= 4 is 6.21 Å². The summed E-state index contributed by atoms with van der Waals surface area (Å²) in [6.07, 6.45) is 12.1. The monoisotopic (exact) mass is 392 g/mol. The molecular weight excluding hydrogens is 352 g/mol. The fourth-order valence-corrected chi connectivity index (χ4v) is 7.80. The molecule has 4 N–H and O–H groups in total. The first-order valence-electron chi connectivity index (χ1n) is 11.6. The summed E-state index contributed by atoms with van der Waals surface area (Å²) in [5.74, 6) is 1.89. The van der Waals surface area contributed by atoms with E-state index >= 15 is 0 Å².